The van der Waals surface area contributed by atoms with Crippen molar-refractivity contribution >= 4 is 6.21 Å². The van der Waals surface area contributed by atoms with Crippen molar-refractivity contribution in [3.8, 4) is 5.75 Å². The van der Waals surface area contributed by atoms with Crippen LogP contribution in [0.25, 0.3) is 0 Å². The van der Waals surface area contributed by atoms with Crippen LogP contribution in [0.1, 0.15) is 47.1 Å². The lowest BCUT2D eigenvalue weighted by atomic mass is 10.1. The topological polar surface area (TPSA) is 95.3 Å². The fourth-order valence-electron chi connectivity index (χ4n) is 2.07. The standard InChI is InChI=1S/C21H37N3O4/c1-20(2,3)22-12-17(25)14-27-19-9-7-8-16(10-19)11-24-28-15-18(26)13-23-21(4,5)6/h7-11,17-18,22-23,25-26H,12-15H2,1-6H3/b24-11+. The Bertz CT molecular complexity index is 594. The Kier molecular flexibility index (Phi) is 9.89. The molecule has 0 aliphatic carbocycles. The molecule has 1 aromatic rings. The molecule has 7 heteroatoms. The molecule has 0 aliphatic heterocycles. The van der Waals surface area contributed by atoms with Crippen molar-refractivity contribution in [3.05, 3.63) is 29.8 Å². The molecule has 0 spiro atoms. The van der Waals surface area contributed by atoms with E-state index in [2.05, 4.69) is 15.8 Å². The number of hydrogen-bond acceptors (Lipinski definition) is 7. The number of rotatable bonds is 11. The zero-order valence-corrected chi connectivity index (χ0v) is 18.0. The van der Waals surface area contributed by atoms with Gasteiger partial charge in [0.1, 0.15) is 31.2 Å². The summed E-state index contributed by atoms with van der Waals surface area (Å²) >= 11 is 0. The van der Waals surface area contributed by atoms with Crippen LogP contribution in [0.2, 0.25) is 0 Å². The normalized spacial score (nSPS) is 14.9. The molecule has 0 heterocycles. The Balaban J connectivity index is 2.37. The highest BCUT2D eigenvalue weighted by Gasteiger charge is 2.13. The molecule has 1 rings (SSSR count). The van der Waals surface area contributed by atoms with E-state index < -0.39 is 12.2 Å². The van der Waals surface area contributed by atoms with E-state index in [1.807, 2.05) is 65.8 Å². The summed E-state index contributed by atoms with van der Waals surface area (Å²) in [6.45, 7) is 13.5. The molecule has 0 bridgehead atoms. The van der Waals surface area contributed by atoms with Gasteiger partial charge in [0.2, 0.25) is 0 Å². The van der Waals surface area contributed by atoms with Gasteiger partial charge in [0.15, 0.2) is 0 Å². The van der Waals surface area contributed by atoms with Gasteiger partial charge in [-0.05, 0) is 59.2 Å². The van der Waals surface area contributed by atoms with Gasteiger partial charge in [-0.1, -0.05) is 17.3 Å². The maximum atomic E-state index is 10.00. The number of nitrogens with one attached hydrogen (secondary N) is 2. The summed E-state index contributed by atoms with van der Waals surface area (Å²) < 4.78 is 5.64. The van der Waals surface area contributed by atoms with Gasteiger partial charge < -0.3 is 30.4 Å². The van der Waals surface area contributed by atoms with Crippen LogP contribution >= 0.6 is 0 Å². The van der Waals surface area contributed by atoms with E-state index in [0.717, 1.165) is 5.56 Å². The molecule has 4 N–H and O–H groups in total. The zero-order chi connectivity index (χ0) is 21.2. The van der Waals surface area contributed by atoms with E-state index >= 15 is 0 Å². The van der Waals surface area contributed by atoms with Crippen LogP contribution in [0, 0.1) is 0 Å². The zero-order valence-electron chi connectivity index (χ0n) is 18.0. The largest absolute Gasteiger partial charge is 0.491 e. The van der Waals surface area contributed by atoms with Crippen LogP contribution in [-0.2, 0) is 4.84 Å². The third kappa shape index (κ3) is 12.7. The first-order chi connectivity index (χ1) is 12.9. The predicted molar refractivity (Wildman–Crippen MR) is 113 cm³/mol. The minimum Gasteiger partial charge on any atom is -0.491 e. The van der Waals surface area contributed by atoms with Crippen LogP contribution < -0.4 is 15.4 Å². The number of nitrogens with zero attached hydrogens (tertiary/aromatic N) is 1. The Hall–Kier alpha value is -1.67. The minimum absolute atomic E-state index is 0.0479. The van der Waals surface area contributed by atoms with E-state index in [4.69, 9.17) is 9.57 Å². The van der Waals surface area contributed by atoms with Crippen LogP contribution in [-0.4, -0.2) is 66.0 Å². The van der Waals surface area contributed by atoms with E-state index in [1.54, 1.807) is 6.21 Å². The quantitative estimate of drug-likeness (QED) is 0.338. The summed E-state index contributed by atoms with van der Waals surface area (Å²) in [5.74, 6) is 0.646. The highest BCUT2D eigenvalue weighted by molar-refractivity contribution is 5.79. The molecule has 1 aromatic carbocycles. The lowest BCUT2D eigenvalue weighted by molar-refractivity contribution is 0.0379. The highest BCUT2D eigenvalue weighted by atomic mass is 16.6. The average molecular weight is 396 g/mol. The van der Waals surface area contributed by atoms with Crippen LogP contribution in [0.4, 0.5) is 0 Å². The van der Waals surface area contributed by atoms with Crippen LogP contribution in [0.15, 0.2) is 29.4 Å². The number of benzene rings is 1. The minimum atomic E-state index is -0.630. The van der Waals surface area contributed by atoms with Crippen LogP contribution in [0.3, 0.4) is 0 Å². The first-order valence-electron chi connectivity index (χ1n) is 9.69. The molecular formula is C21H37N3O4. The summed E-state index contributed by atoms with van der Waals surface area (Å²) in [5.41, 5.74) is 0.705. The maximum Gasteiger partial charge on any atom is 0.144 e. The van der Waals surface area contributed by atoms with Crippen molar-refractivity contribution < 1.29 is 19.8 Å². The second kappa shape index (κ2) is 11.4. The monoisotopic (exact) mass is 395 g/mol. The van der Waals surface area contributed by atoms with Gasteiger partial charge in [-0.25, -0.2) is 0 Å². The van der Waals surface area contributed by atoms with Gasteiger partial charge >= 0.3 is 0 Å². The summed E-state index contributed by atoms with van der Waals surface area (Å²) in [4.78, 5) is 5.16. The Morgan fingerprint density at radius 1 is 0.964 bits per heavy atom. The molecule has 28 heavy (non-hydrogen) atoms. The second-order valence-corrected chi connectivity index (χ2v) is 8.98. The second-order valence-electron chi connectivity index (χ2n) is 8.98. The number of β-amino-alcohol motifs (C(OH)–C–C–N with tert-alkyl or cyclic N) is 2. The van der Waals surface area contributed by atoms with Gasteiger partial charge in [0.25, 0.3) is 0 Å². The average Bonchev–Trinajstić information content (AvgIpc) is 2.59. The van der Waals surface area contributed by atoms with Gasteiger partial charge in [-0.15, -0.1) is 0 Å². The number of aliphatic hydroxyl groups is 2. The number of aliphatic hydroxyl groups excluding tert-OH is 2. The Morgan fingerprint density at radius 3 is 2.11 bits per heavy atom. The Labute approximate surface area is 169 Å². The maximum absolute atomic E-state index is 10.00. The summed E-state index contributed by atoms with van der Waals surface area (Å²) in [6, 6.07) is 7.35. The molecule has 0 aliphatic rings. The third-order valence-corrected chi connectivity index (χ3v) is 3.58. The molecule has 0 radical (unpaired) electrons. The lowest BCUT2D eigenvalue weighted by Gasteiger charge is -2.23. The number of hydrogen-bond donors (Lipinski definition) is 4. The molecule has 7 nitrogen and oxygen atoms in total. The molecule has 0 fully saturated rings. The SMILES string of the molecule is CC(C)(C)NCC(O)CO/N=C/c1cccc(OCC(O)CNC(C)(C)C)c1. The van der Waals surface area contributed by atoms with Crippen molar-refractivity contribution in [2.75, 3.05) is 26.3 Å². The molecule has 2 atom stereocenters. The first kappa shape index (κ1) is 24.4. The molecule has 0 saturated carbocycles. The summed E-state index contributed by atoms with van der Waals surface area (Å²) in [7, 11) is 0. The van der Waals surface area contributed by atoms with E-state index in [1.165, 1.54) is 0 Å². The summed E-state index contributed by atoms with van der Waals surface area (Å²) in [6.07, 6.45) is 0.339. The number of oxime groups is 1. The predicted octanol–water partition coefficient (Wildman–Crippen LogP) is 1.91. The molecule has 160 valence electrons. The first-order valence-corrected chi connectivity index (χ1v) is 9.69. The Morgan fingerprint density at radius 2 is 1.54 bits per heavy atom. The van der Waals surface area contributed by atoms with Crippen molar-refractivity contribution in [1.82, 2.24) is 10.6 Å². The van der Waals surface area contributed by atoms with Crippen LogP contribution in [0.5, 0.6) is 5.75 Å². The lowest BCUT2D eigenvalue weighted by Crippen LogP contribution is -2.42. The van der Waals surface area contributed by atoms with Crippen molar-refractivity contribution in [2.45, 2.75) is 64.8 Å². The number of ether oxygens (including phenoxy) is 1. The highest BCUT2D eigenvalue weighted by Crippen LogP contribution is 2.12. The van der Waals surface area contributed by atoms with E-state index in [9.17, 15) is 10.2 Å². The van der Waals surface area contributed by atoms with Gasteiger partial charge in [-0.3, -0.25) is 0 Å². The van der Waals surface area contributed by atoms with Crippen molar-refractivity contribution in [2.24, 2.45) is 5.16 Å². The smallest absolute Gasteiger partial charge is 0.144 e. The summed E-state index contributed by atoms with van der Waals surface area (Å²) in [5, 5.41) is 30.2. The van der Waals surface area contributed by atoms with Crippen molar-refractivity contribution in [1.29, 1.82) is 0 Å². The molecule has 2 unspecified atom stereocenters. The fourth-order valence-corrected chi connectivity index (χ4v) is 2.07. The molecule has 0 aromatic heterocycles. The molecule has 0 saturated heterocycles. The van der Waals surface area contributed by atoms with Crippen molar-refractivity contribution in [3.63, 3.8) is 0 Å². The fraction of sp³-hybridized carbons (Fsp3) is 0.667. The van der Waals surface area contributed by atoms with Gasteiger partial charge in [0.05, 0.1) is 6.21 Å². The van der Waals surface area contributed by atoms with E-state index in [0.29, 0.717) is 18.8 Å². The third-order valence-electron chi connectivity index (χ3n) is 3.58. The van der Waals surface area contributed by atoms with Gasteiger partial charge in [0, 0.05) is 24.2 Å². The van der Waals surface area contributed by atoms with E-state index in [-0.39, 0.29) is 24.3 Å². The molecule has 0 amide bonds. The van der Waals surface area contributed by atoms with Gasteiger partial charge in [-0.2, -0.15) is 0 Å². The molecular weight excluding hydrogens is 358 g/mol.